The highest BCUT2D eigenvalue weighted by molar-refractivity contribution is 6.05. The number of fused-ring (bicyclic) bond motifs is 1. The molecule has 2 aromatic rings. The number of rotatable bonds is 2. The van der Waals surface area contributed by atoms with Gasteiger partial charge in [-0.3, -0.25) is 19.7 Å². The highest BCUT2D eigenvalue weighted by Crippen LogP contribution is 2.32. The largest absolute Gasteiger partial charge is 0.490 e. The molecule has 34 heavy (non-hydrogen) atoms. The summed E-state index contributed by atoms with van der Waals surface area (Å²) in [5.74, 6) is -3.46. The van der Waals surface area contributed by atoms with Gasteiger partial charge in [0.2, 0.25) is 17.8 Å². The number of hydrogen-bond donors (Lipinski definition) is 3. The van der Waals surface area contributed by atoms with Crippen molar-refractivity contribution in [2.24, 2.45) is 0 Å². The number of aliphatic carboxylic acids is 1. The van der Waals surface area contributed by atoms with E-state index < -0.39 is 24.1 Å². The zero-order valence-electron chi connectivity index (χ0n) is 18.1. The maximum absolute atomic E-state index is 12.8. The zero-order chi connectivity index (χ0) is 25.4. The van der Waals surface area contributed by atoms with Gasteiger partial charge in [-0.25, -0.2) is 14.8 Å². The van der Waals surface area contributed by atoms with E-state index in [1.54, 1.807) is 6.07 Å². The standard InChI is InChI=1S/C19H19N5O3.C2HF3O2/c1-9-10(2)21-19(20)23-16(9)11-3-4-13-12(7-11)8-24(18(13)27)14-5-6-15(25)22-17(14)26;3-2(4,5)1(6)7/h3-4,7,14H,5-6,8H2,1-2H3,(H2,20,21,23)(H,22,25,26);(H,6,7). The molecule has 13 heteroatoms. The Kier molecular flexibility index (Phi) is 6.57. The van der Waals surface area contributed by atoms with Crippen molar-refractivity contribution in [1.29, 1.82) is 0 Å². The van der Waals surface area contributed by atoms with Gasteiger partial charge >= 0.3 is 12.1 Å². The molecule has 2 aliphatic rings. The predicted octanol–water partition coefficient (Wildman–Crippen LogP) is 1.74. The van der Waals surface area contributed by atoms with Crippen LogP contribution in [-0.2, 0) is 20.9 Å². The number of nitrogens with one attached hydrogen (secondary N) is 1. The van der Waals surface area contributed by atoms with Gasteiger partial charge in [-0.2, -0.15) is 13.2 Å². The minimum Gasteiger partial charge on any atom is -0.475 e. The maximum Gasteiger partial charge on any atom is 0.490 e. The van der Waals surface area contributed by atoms with Gasteiger partial charge < -0.3 is 15.7 Å². The number of piperidine rings is 1. The number of benzene rings is 1. The van der Waals surface area contributed by atoms with Crippen molar-refractivity contribution in [3.8, 4) is 11.3 Å². The van der Waals surface area contributed by atoms with E-state index in [-0.39, 0.29) is 24.2 Å². The second-order valence-electron chi connectivity index (χ2n) is 7.72. The molecule has 0 spiro atoms. The number of carboxylic acids is 1. The number of nitrogen functional groups attached to an aromatic ring is 1. The molecular weight excluding hydrogens is 459 g/mol. The van der Waals surface area contributed by atoms with Crippen LogP contribution in [0.15, 0.2) is 18.2 Å². The highest BCUT2D eigenvalue weighted by Gasteiger charge is 2.39. The van der Waals surface area contributed by atoms with Gasteiger partial charge in [0.1, 0.15) is 6.04 Å². The lowest BCUT2D eigenvalue weighted by molar-refractivity contribution is -0.192. The van der Waals surface area contributed by atoms with Gasteiger partial charge in [0.15, 0.2) is 0 Å². The third kappa shape index (κ3) is 4.97. The third-order valence-corrected chi connectivity index (χ3v) is 5.45. The van der Waals surface area contributed by atoms with Gasteiger partial charge in [-0.05, 0) is 43.5 Å². The fourth-order valence-electron chi connectivity index (χ4n) is 3.65. The molecule has 4 N–H and O–H groups in total. The lowest BCUT2D eigenvalue weighted by Crippen LogP contribution is -2.52. The Balaban J connectivity index is 0.000000406. The Morgan fingerprint density at radius 2 is 1.85 bits per heavy atom. The molecule has 0 saturated carbocycles. The molecule has 1 aromatic heterocycles. The number of carboxylic acid groups (broad SMARTS) is 1. The number of hydrogen-bond acceptors (Lipinski definition) is 7. The van der Waals surface area contributed by atoms with Crippen LogP contribution in [0.4, 0.5) is 19.1 Å². The molecule has 1 aromatic carbocycles. The summed E-state index contributed by atoms with van der Waals surface area (Å²) in [5, 5.41) is 9.43. The van der Waals surface area contributed by atoms with Crippen molar-refractivity contribution < 1.29 is 37.5 Å². The van der Waals surface area contributed by atoms with Gasteiger partial charge in [-0.1, -0.05) is 6.07 Å². The van der Waals surface area contributed by atoms with Gasteiger partial charge in [0.05, 0.1) is 5.69 Å². The summed E-state index contributed by atoms with van der Waals surface area (Å²) in [5.41, 5.74) is 10.5. The van der Waals surface area contributed by atoms with E-state index >= 15 is 0 Å². The SMILES string of the molecule is Cc1nc(N)nc(-c2ccc3c(c2)CN(C2CCC(=O)NC2=O)C3=O)c1C.O=C(O)C(F)(F)F. The normalized spacial score (nSPS) is 17.6. The molecule has 1 atom stereocenters. The molecule has 0 radical (unpaired) electrons. The molecule has 0 bridgehead atoms. The van der Waals surface area contributed by atoms with Crippen LogP contribution >= 0.6 is 0 Å². The Labute approximate surface area is 191 Å². The predicted molar refractivity (Wildman–Crippen MR) is 111 cm³/mol. The van der Waals surface area contributed by atoms with Crippen LogP contribution in [0.2, 0.25) is 0 Å². The topological polar surface area (TPSA) is 156 Å². The van der Waals surface area contributed by atoms with Crippen molar-refractivity contribution in [2.45, 2.75) is 45.5 Å². The number of carbonyl (C=O) groups excluding carboxylic acids is 3. The second-order valence-corrected chi connectivity index (χ2v) is 7.72. The number of carbonyl (C=O) groups is 4. The highest BCUT2D eigenvalue weighted by atomic mass is 19.4. The third-order valence-electron chi connectivity index (χ3n) is 5.45. The quantitative estimate of drug-likeness (QED) is 0.550. The number of anilines is 1. The van der Waals surface area contributed by atoms with Gasteiger partial charge in [0, 0.05) is 29.8 Å². The van der Waals surface area contributed by atoms with E-state index in [9.17, 15) is 27.6 Å². The lowest BCUT2D eigenvalue weighted by atomic mass is 10.0. The minimum atomic E-state index is -5.08. The summed E-state index contributed by atoms with van der Waals surface area (Å²) < 4.78 is 31.7. The van der Waals surface area contributed by atoms with Crippen molar-refractivity contribution in [3.05, 3.63) is 40.6 Å². The first-order valence-electron chi connectivity index (χ1n) is 9.98. The fraction of sp³-hybridized carbons (Fsp3) is 0.333. The molecule has 180 valence electrons. The summed E-state index contributed by atoms with van der Waals surface area (Å²) in [6, 6.07) is 4.88. The van der Waals surface area contributed by atoms with Crippen LogP contribution in [0.25, 0.3) is 11.3 Å². The van der Waals surface area contributed by atoms with Crippen molar-refractivity contribution in [2.75, 3.05) is 5.73 Å². The molecule has 2 aliphatic heterocycles. The van der Waals surface area contributed by atoms with Crippen LogP contribution in [-0.4, -0.2) is 55.9 Å². The number of imide groups is 1. The fourth-order valence-corrected chi connectivity index (χ4v) is 3.65. The monoisotopic (exact) mass is 479 g/mol. The van der Waals surface area contributed by atoms with Crippen molar-refractivity contribution >= 4 is 29.6 Å². The molecule has 10 nitrogen and oxygen atoms in total. The van der Waals surface area contributed by atoms with Crippen LogP contribution in [0.5, 0.6) is 0 Å². The van der Waals surface area contributed by atoms with Gasteiger partial charge in [0.25, 0.3) is 5.91 Å². The van der Waals surface area contributed by atoms with E-state index in [0.29, 0.717) is 18.5 Å². The molecule has 4 rings (SSSR count). The Morgan fingerprint density at radius 3 is 2.44 bits per heavy atom. The molecule has 1 unspecified atom stereocenters. The number of aromatic nitrogens is 2. The van der Waals surface area contributed by atoms with E-state index in [2.05, 4.69) is 15.3 Å². The summed E-state index contributed by atoms with van der Waals surface area (Å²) in [6.45, 7) is 4.13. The second kappa shape index (κ2) is 9.08. The number of nitrogens with two attached hydrogens (primary N) is 1. The van der Waals surface area contributed by atoms with E-state index in [1.165, 1.54) is 4.90 Å². The first kappa shape index (κ1) is 24.6. The minimum absolute atomic E-state index is 0.193. The molecule has 1 fully saturated rings. The molecule has 0 aliphatic carbocycles. The number of halogens is 3. The summed E-state index contributed by atoms with van der Waals surface area (Å²) in [7, 11) is 0. The van der Waals surface area contributed by atoms with Crippen LogP contribution in [0.3, 0.4) is 0 Å². The number of nitrogens with zero attached hydrogens (tertiary/aromatic N) is 3. The number of alkyl halides is 3. The average molecular weight is 479 g/mol. The van der Waals surface area contributed by atoms with E-state index in [4.69, 9.17) is 15.6 Å². The van der Waals surface area contributed by atoms with Crippen LogP contribution in [0, 0.1) is 13.8 Å². The maximum atomic E-state index is 12.8. The van der Waals surface area contributed by atoms with Crippen molar-refractivity contribution in [3.63, 3.8) is 0 Å². The summed E-state index contributed by atoms with van der Waals surface area (Å²) in [6.07, 6.45) is -4.50. The van der Waals surface area contributed by atoms with E-state index in [1.807, 2.05) is 26.0 Å². The van der Waals surface area contributed by atoms with Crippen LogP contribution in [0.1, 0.15) is 40.0 Å². The Bertz CT molecular complexity index is 1200. The summed E-state index contributed by atoms with van der Waals surface area (Å²) >= 11 is 0. The molecule has 1 saturated heterocycles. The first-order chi connectivity index (χ1) is 15.8. The van der Waals surface area contributed by atoms with Crippen molar-refractivity contribution in [1.82, 2.24) is 20.2 Å². The van der Waals surface area contributed by atoms with E-state index in [0.717, 1.165) is 28.1 Å². The Hall–Kier alpha value is -4.03. The Morgan fingerprint density at radius 1 is 1.21 bits per heavy atom. The van der Waals surface area contributed by atoms with Crippen LogP contribution < -0.4 is 11.1 Å². The molecule has 3 heterocycles. The number of aryl methyl sites for hydroxylation is 1. The summed E-state index contributed by atoms with van der Waals surface area (Å²) in [4.78, 5) is 55.2. The average Bonchev–Trinajstić information content (AvgIpc) is 3.06. The smallest absolute Gasteiger partial charge is 0.475 e. The van der Waals surface area contributed by atoms with Gasteiger partial charge in [-0.15, -0.1) is 0 Å². The molecule has 3 amide bonds. The lowest BCUT2D eigenvalue weighted by Gasteiger charge is -2.29. The molecular formula is C21H20F3N5O5. The zero-order valence-corrected chi connectivity index (χ0v) is 18.1. The first-order valence-corrected chi connectivity index (χ1v) is 9.98. The number of amides is 3.